The van der Waals surface area contributed by atoms with Gasteiger partial charge in [-0.25, -0.2) is 4.90 Å². The van der Waals surface area contributed by atoms with Gasteiger partial charge in [-0.05, 0) is 69.7 Å². The number of imide groups is 1. The van der Waals surface area contributed by atoms with Crippen molar-refractivity contribution in [1.29, 1.82) is 0 Å². The molecule has 2 aliphatic rings. The Bertz CT molecular complexity index is 1040. The number of rotatable bonds is 6. The zero-order valence-corrected chi connectivity index (χ0v) is 19.4. The number of nitrogens with zero attached hydrogens (tertiary/aromatic N) is 3. The fourth-order valence-electron chi connectivity index (χ4n) is 4.43. The lowest BCUT2D eigenvalue weighted by Crippen LogP contribution is -2.43. The molecule has 32 heavy (non-hydrogen) atoms. The molecule has 0 radical (unpaired) electrons. The summed E-state index contributed by atoms with van der Waals surface area (Å²) in [6, 6.07) is 14.4. The molecule has 2 aliphatic heterocycles. The van der Waals surface area contributed by atoms with Crippen LogP contribution in [-0.2, 0) is 9.59 Å². The number of carbonyl (C=O) groups excluding carboxylic acids is 2. The summed E-state index contributed by atoms with van der Waals surface area (Å²) in [5.41, 5.74) is 1.97. The number of halogens is 1. The molecule has 1 saturated heterocycles. The largest absolute Gasteiger partial charge is 0.492 e. The van der Waals surface area contributed by atoms with E-state index in [-0.39, 0.29) is 17.9 Å². The van der Waals surface area contributed by atoms with Gasteiger partial charge in [0.15, 0.2) is 0 Å². The molecule has 0 aromatic heterocycles. The van der Waals surface area contributed by atoms with Crippen LogP contribution in [0.15, 0.2) is 54.2 Å². The number of hydrogen-bond donors (Lipinski definition) is 0. The highest BCUT2D eigenvalue weighted by Gasteiger charge is 2.44. The minimum atomic E-state index is -0.348. The van der Waals surface area contributed by atoms with Crippen molar-refractivity contribution in [3.8, 4) is 5.75 Å². The first kappa shape index (κ1) is 22.4. The molecule has 0 atom stereocenters. The quantitative estimate of drug-likeness (QED) is 0.617. The summed E-state index contributed by atoms with van der Waals surface area (Å²) in [7, 11) is 4.02. The molecular formula is C25H28ClN3O3. The number of benzene rings is 2. The third-order valence-corrected chi connectivity index (χ3v) is 6.44. The summed E-state index contributed by atoms with van der Waals surface area (Å²) in [5.74, 6) is -0.164. The highest BCUT2D eigenvalue weighted by molar-refractivity contribution is 6.45. The first-order valence-electron chi connectivity index (χ1n) is 10.9. The van der Waals surface area contributed by atoms with Crippen LogP contribution >= 0.6 is 11.6 Å². The Morgan fingerprint density at radius 2 is 1.69 bits per heavy atom. The highest BCUT2D eigenvalue weighted by atomic mass is 35.5. The standard InChI is InChI=1S/C25H28ClN3O3/c1-4-32-21-8-6-5-7-20(21)29-24(30)22(17-9-11-18(26)12-10-17)23(25(29)31)28(3)19-13-15-27(2)16-14-19/h5-12,19H,4,13-16H2,1-3H3. The van der Waals surface area contributed by atoms with Crippen molar-refractivity contribution < 1.29 is 14.3 Å². The van der Waals surface area contributed by atoms with Crippen LogP contribution in [0.3, 0.4) is 0 Å². The first-order valence-corrected chi connectivity index (χ1v) is 11.3. The molecule has 2 aromatic rings. The van der Waals surface area contributed by atoms with Crippen molar-refractivity contribution in [2.24, 2.45) is 0 Å². The lowest BCUT2D eigenvalue weighted by molar-refractivity contribution is -0.120. The maximum atomic E-state index is 13.8. The molecule has 2 amide bonds. The van der Waals surface area contributed by atoms with E-state index in [1.165, 1.54) is 4.90 Å². The van der Waals surface area contributed by atoms with Crippen molar-refractivity contribution >= 4 is 34.7 Å². The molecule has 7 heteroatoms. The van der Waals surface area contributed by atoms with E-state index in [2.05, 4.69) is 11.9 Å². The third-order valence-electron chi connectivity index (χ3n) is 6.19. The van der Waals surface area contributed by atoms with E-state index >= 15 is 0 Å². The molecule has 2 aromatic carbocycles. The van der Waals surface area contributed by atoms with E-state index in [0.29, 0.717) is 39.9 Å². The van der Waals surface area contributed by atoms with Gasteiger partial charge in [0.1, 0.15) is 11.4 Å². The van der Waals surface area contributed by atoms with Gasteiger partial charge in [-0.3, -0.25) is 9.59 Å². The maximum absolute atomic E-state index is 13.8. The molecule has 0 unspecified atom stereocenters. The Balaban J connectivity index is 1.79. The van der Waals surface area contributed by atoms with E-state index in [1.807, 2.05) is 24.9 Å². The fourth-order valence-corrected chi connectivity index (χ4v) is 4.55. The van der Waals surface area contributed by atoms with Crippen molar-refractivity contribution in [2.75, 3.05) is 38.7 Å². The average molecular weight is 454 g/mol. The van der Waals surface area contributed by atoms with E-state index in [1.54, 1.807) is 42.5 Å². The molecular weight excluding hydrogens is 426 g/mol. The zero-order chi connectivity index (χ0) is 22.8. The van der Waals surface area contributed by atoms with Crippen LogP contribution in [0.1, 0.15) is 25.3 Å². The number of hydrogen-bond acceptors (Lipinski definition) is 5. The number of anilines is 1. The predicted octanol–water partition coefficient (Wildman–Crippen LogP) is 4.05. The van der Waals surface area contributed by atoms with Crippen LogP contribution in [0.2, 0.25) is 5.02 Å². The van der Waals surface area contributed by atoms with Gasteiger partial charge in [-0.15, -0.1) is 0 Å². The highest BCUT2D eigenvalue weighted by Crippen LogP contribution is 2.39. The molecule has 2 heterocycles. The van der Waals surface area contributed by atoms with Gasteiger partial charge in [-0.2, -0.15) is 0 Å². The van der Waals surface area contributed by atoms with Gasteiger partial charge in [-0.1, -0.05) is 35.9 Å². The maximum Gasteiger partial charge on any atom is 0.282 e. The van der Waals surface area contributed by atoms with Gasteiger partial charge < -0.3 is 14.5 Å². The summed E-state index contributed by atoms with van der Waals surface area (Å²) in [6.07, 6.45) is 1.86. The van der Waals surface area contributed by atoms with Gasteiger partial charge >= 0.3 is 0 Å². The Morgan fingerprint density at radius 3 is 2.34 bits per heavy atom. The van der Waals surface area contributed by atoms with Crippen molar-refractivity contribution in [3.63, 3.8) is 0 Å². The van der Waals surface area contributed by atoms with E-state index in [9.17, 15) is 9.59 Å². The SMILES string of the molecule is CCOc1ccccc1N1C(=O)C(c2ccc(Cl)cc2)=C(N(C)C2CCN(C)CC2)C1=O. The molecule has 168 valence electrons. The van der Waals surface area contributed by atoms with Gasteiger partial charge in [0.25, 0.3) is 11.8 Å². The Morgan fingerprint density at radius 1 is 1.03 bits per heavy atom. The first-order chi connectivity index (χ1) is 15.4. The lowest BCUT2D eigenvalue weighted by Gasteiger charge is -2.36. The number of likely N-dealkylation sites (tertiary alicyclic amines) is 1. The number of likely N-dealkylation sites (N-methyl/N-ethyl adjacent to an activating group) is 1. The molecule has 6 nitrogen and oxygen atoms in total. The number of piperidine rings is 1. The molecule has 4 rings (SSSR count). The average Bonchev–Trinajstić information content (AvgIpc) is 3.05. The molecule has 1 fully saturated rings. The molecule has 0 aliphatic carbocycles. The minimum absolute atomic E-state index is 0.183. The smallest absolute Gasteiger partial charge is 0.282 e. The molecule has 0 N–H and O–H groups in total. The van der Waals surface area contributed by atoms with Crippen LogP contribution < -0.4 is 9.64 Å². The van der Waals surface area contributed by atoms with Crippen LogP contribution in [0.4, 0.5) is 5.69 Å². The second kappa shape index (κ2) is 9.35. The van der Waals surface area contributed by atoms with Gasteiger partial charge in [0, 0.05) is 18.1 Å². The zero-order valence-electron chi connectivity index (χ0n) is 18.7. The predicted molar refractivity (Wildman–Crippen MR) is 127 cm³/mol. The van der Waals surface area contributed by atoms with Crippen molar-refractivity contribution in [2.45, 2.75) is 25.8 Å². The number of amides is 2. The Hall–Kier alpha value is -2.83. The number of carbonyl (C=O) groups is 2. The Kier molecular flexibility index (Phi) is 6.53. The normalized spacial score (nSPS) is 17.9. The molecule has 0 spiro atoms. The summed E-state index contributed by atoms with van der Waals surface area (Å²) in [6.45, 7) is 4.23. The number of ether oxygens (including phenoxy) is 1. The van der Waals surface area contributed by atoms with Crippen LogP contribution in [0.25, 0.3) is 5.57 Å². The van der Waals surface area contributed by atoms with E-state index in [0.717, 1.165) is 25.9 Å². The summed E-state index contributed by atoms with van der Waals surface area (Å²) in [5, 5.41) is 0.579. The second-order valence-electron chi connectivity index (χ2n) is 8.22. The summed E-state index contributed by atoms with van der Waals surface area (Å²) < 4.78 is 5.73. The topological polar surface area (TPSA) is 53.1 Å². The Labute approximate surface area is 194 Å². The second-order valence-corrected chi connectivity index (χ2v) is 8.66. The lowest BCUT2D eigenvalue weighted by atomic mass is 10.0. The summed E-state index contributed by atoms with van der Waals surface area (Å²) >= 11 is 6.09. The molecule has 0 bridgehead atoms. The van der Waals surface area contributed by atoms with Crippen LogP contribution in [0, 0.1) is 0 Å². The van der Waals surface area contributed by atoms with Crippen molar-refractivity contribution in [3.05, 3.63) is 64.8 Å². The number of para-hydroxylation sites is 2. The summed E-state index contributed by atoms with van der Waals surface area (Å²) in [4.78, 5) is 33.0. The van der Waals surface area contributed by atoms with Crippen LogP contribution in [0.5, 0.6) is 5.75 Å². The van der Waals surface area contributed by atoms with Gasteiger partial charge in [0.05, 0.1) is 17.9 Å². The van der Waals surface area contributed by atoms with Crippen molar-refractivity contribution in [1.82, 2.24) is 9.80 Å². The van der Waals surface area contributed by atoms with E-state index in [4.69, 9.17) is 16.3 Å². The van der Waals surface area contributed by atoms with E-state index < -0.39 is 0 Å². The monoisotopic (exact) mass is 453 g/mol. The van der Waals surface area contributed by atoms with Gasteiger partial charge in [0.2, 0.25) is 0 Å². The minimum Gasteiger partial charge on any atom is -0.492 e. The molecule has 0 saturated carbocycles. The third kappa shape index (κ3) is 4.12. The van der Waals surface area contributed by atoms with Crippen LogP contribution in [-0.4, -0.2) is 61.4 Å². The fraction of sp³-hybridized carbons (Fsp3) is 0.360.